The molecule has 138 valence electrons. The summed E-state index contributed by atoms with van der Waals surface area (Å²) in [5, 5.41) is 11.6. The quantitative estimate of drug-likeness (QED) is 0.428. The third kappa shape index (κ3) is 2.91. The second kappa shape index (κ2) is 6.54. The summed E-state index contributed by atoms with van der Waals surface area (Å²) in [4.78, 5) is 7.45. The lowest BCUT2D eigenvalue weighted by Crippen LogP contribution is -1.93. The van der Waals surface area contributed by atoms with Crippen LogP contribution in [0.15, 0.2) is 59.2 Å². The standard InChI is InChI=1S/C19H11F2N5OS/c20-11-5-2-1-4-10(11)18-25-26-19(28-18)24-13-9-15-14(8-12(13)21)22-17(23-15)16-6-3-7-27-16/h1-9H,(H,22,23)(H,24,26). The molecule has 0 radical (unpaired) electrons. The number of imidazole rings is 1. The molecule has 0 spiro atoms. The SMILES string of the molecule is Fc1cc2[nH]c(-c3ccco3)nc2cc1Nc1nnc(-c2ccccc2F)s1. The zero-order valence-electron chi connectivity index (χ0n) is 14.1. The monoisotopic (exact) mass is 395 g/mol. The Bertz CT molecular complexity index is 1280. The molecule has 3 heterocycles. The zero-order valence-corrected chi connectivity index (χ0v) is 14.9. The minimum Gasteiger partial charge on any atom is -0.461 e. The van der Waals surface area contributed by atoms with Gasteiger partial charge in [-0.2, -0.15) is 0 Å². The summed E-state index contributed by atoms with van der Waals surface area (Å²) in [7, 11) is 0. The Hall–Kier alpha value is -3.59. The summed E-state index contributed by atoms with van der Waals surface area (Å²) in [6.07, 6.45) is 1.54. The summed E-state index contributed by atoms with van der Waals surface area (Å²) in [5.74, 6) is 0.198. The van der Waals surface area contributed by atoms with Crippen molar-refractivity contribution in [2.75, 3.05) is 5.32 Å². The maximum Gasteiger partial charge on any atom is 0.210 e. The van der Waals surface area contributed by atoms with Gasteiger partial charge in [0.15, 0.2) is 16.6 Å². The molecule has 5 aromatic rings. The average molecular weight is 395 g/mol. The number of fused-ring (bicyclic) bond motifs is 1. The van der Waals surface area contributed by atoms with E-state index in [1.807, 2.05) is 0 Å². The normalized spacial score (nSPS) is 11.2. The van der Waals surface area contributed by atoms with Crippen LogP contribution in [-0.2, 0) is 0 Å². The lowest BCUT2D eigenvalue weighted by atomic mass is 10.2. The predicted octanol–water partition coefficient (Wildman–Crippen LogP) is 5.36. The maximum atomic E-state index is 14.5. The van der Waals surface area contributed by atoms with Crippen LogP contribution in [-0.4, -0.2) is 20.2 Å². The fourth-order valence-electron chi connectivity index (χ4n) is 2.79. The van der Waals surface area contributed by atoms with Crippen LogP contribution in [0, 0.1) is 11.6 Å². The van der Waals surface area contributed by atoms with E-state index >= 15 is 0 Å². The molecule has 0 aliphatic heterocycles. The van der Waals surface area contributed by atoms with Crippen LogP contribution in [0.3, 0.4) is 0 Å². The molecular weight excluding hydrogens is 384 g/mol. The van der Waals surface area contributed by atoms with Crippen LogP contribution in [0.25, 0.3) is 33.2 Å². The number of aromatic nitrogens is 4. The van der Waals surface area contributed by atoms with Crippen molar-refractivity contribution in [3.63, 3.8) is 0 Å². The van der Waals surface area contributed by atoms with Crippen molar-refractivity contribution in [3.05, 3.63) is 66.4 Å². The molecule has 2 N–H and O–H groups in total. The molecule has 0 fully saturated rings. The van der Waals surface area contributed by atoms with E-state index in [0.29, 0.717) is 38.3 Å². The minimum atomic E-state index is -0.482. The van der Waals surface area contributed by atoms with Gasteiger partial charge >= 0.3 is 0 Å². The molecule has 0 amide bonds. The van der Waals surface area contributed by atoms with E-state index in [1.54, 1.807) is 42.7 Å². The van der Waals surface area contributed by atoms with E-state index in [2.05, 4.69) is 25.5 Å². The summed E-state index contributed by atoms with van der Waals surface area (Å²) in [5.41, 5.74) is 1.65. The van der Waals surface area contributed by atoms with Gasteiger partial charge < -0.3 is 14.7 Å². The number of halogens is 2. The molecule has 0 aliphatic rings. The summed E-state index contributed by atoms with van der Waals surface area (Å²) in [6, 6.07) is 12.7. The molecule has 28 heavy (non-hydrogen) atoms. The molecule has 5 rings (SSSR count). The lowest BCUT2D eigenvalue weighted by molar-refractivity contribution is 0.578. The number of furan rings is 1. The molecule has 2 aromatic carbocycles. The number of nitrogens with zero attached hydrogens (tertiary/aromatic N) is 3. The molecule has 0 unspecified atom stereocenters. The smallest absolute Gasteiger partial charge is 0.210 e. The summed E-state index contributed by atoms with van der Waals surface area (Å²) < 4.78 is 33.7. The van der Waals surface area contributed by atoms with Crippen molar-refractivity contribution >= 4 is 33.2 Å². The van der Waals surface area contributed by atoms with Crippen LogP contribution in [0.2, 0.25) is 0 Å². The molecule has 0 bridgehead atoms. The highest BCUT2D eigenvalue weighted by Crippen LogP contribution is 2.32. The number of rotatable bonds is 4. The van der Waals surface area contributed by atoms with E-state index in [1.165, 1.54) is 12.1 Å². The number of anilines is 2. The fourth-order valence-corrected chi connectivity index (χ4v) is 3.57. The number of hydrogen-bond acceptors (Lipinski definition) is 6. The fraction of sp³-hybridized carbons (Fsp3) is 0. The van der Waals surface area contributed by atoms with E-state index < -0.39 is 5.82 Å². The highest BCUT2D eigenvalue weighted by atomic mass is 32.1. The van der Waals surface area contributed by atoms with Crippen molar-refractivity contribution in [1.29, 1.82) is 0 Å². The zero-order chi connectivity index (χ0) is 19.1. The Morgan fingerprint density at radius 3 is 2.71 bits per heavy atom. The highest BCUT2D eigenvalue weighted by molar-refractivity contribution is 7.18. The van der Waals surface area contributed by atoms with Crippen molar-refractivity contribution in [2.24, 2.45) is 0 Å². The summed E-state index contributed by atoms with van der Waals surface area (Å²) >= 11 is 1.13. The topological polar surface area (TPSA) is 79.6 Å². The lowest BCUT2D eigenvalue weighted by Gasteiger charge is -2.03. The number of benzene rings is 2. The number of nitrogens with one attached hydrogen (secondary N) is 2. The molecule has 9 heteroatoms. The predicted molar refractivity (Wildman–Crippen MR) is 102 cm³/mol. The van der Waals surface area contributed by atoms with Gasteiger partial charge in [0.05, 0.1) is 23.0 Å². The Kier molecular flexibility index (Phi) is 3.87. The molecule has 0 saturated carbocycles. The molecule has 0 atom stereocenters. The van der Waals surface area contributed by atoms with Crippen LogP contribution in [0.5, 0.6) is 0 Å². The van der Waals surface area contributed by atoms with Crippen molar-refractivity contribution in [2.45, 2.75) is 0 Å². The van der Waals surface area contributed by atoms with Gasteiger partial charge in [-0.3, -0.25) is 0 Å². The first kappa shape index (κ1) is 16.6. The number of hydrogen-bond donors (Lipinski definition) is 2. The first-order chi connectivity index (χ1) is 13.7. The van der Waals surface area contributed by atoms with Gasteiger partial charge in [0.2, 0.25) is 5.13 Å². The molecule has 0 saturated heterocycles. The third-order valence-electron chi connectivity index (χ3n) is 4.10. The number of aromatic amines is 1. The molecule has 0 aliphatic carbocycles. The van der Waals surface area contributed by atoms with E-state index in [4.69, 9.17) is 4.42 Å². The molecule has 6 nitrogen and oxygen atoms in total. The number of H-pyrrole nitrogens is 1. The van der Waals surface area contributed by atoms with Crippen molar-refractivity contribution in [3.8, 4) is 22.2 Å². The second-order valence-corrected chi connectivity index (χ2v) is 6.91. The van der Waals surface area contributed by atoms with Gasteiger partial charge in [0, 0.05) is 11.6 Å². The first-order valence-corrected chi connectivity index (χ1v) is 9.07. The van der Waals surface area contributed by atoms with Crippen LogP contribution in [0.1, 0.15) is 0 Å². The minimum absolute atomic E-state index is 0.196. The van der Waals surface area contributed by atoms with Crippen LogP contribution >= 0.6 is 11.3 Å². The largest absolute Gasteiger partial charge is 0.461 e. The average Bonchev–Trinajstić information content (AvgIpc) is 3.42. The second-order valence-electron chi connectivity index (χ2n) is 5.93. The van der Waals surface area contributed by atoms with E-state index in [9.17, 15) is 8.78 Å². The Morgan fingerprint density at radius 1 is 1.00 bits per heavy atom. The van der Waals surface area contributed by atoms with Crippen LogP contribution < -0.4 is 5.32 Å². The van der Waals surface area contributed by atoms with Gasteiger partial charge in [0.1, 0.15) is 11.6 Å². The molecular formula is C19H11F2N5OS. The van der Waals surface area contributed by atoms with E-state index in [-0.39, 0.29) is 11.5 Å². The Balaban J connectivity index is 1.47. The third-order valence-corrected chi connectivity index (χ3v) is 4.97. The first-order valence-electron chi connectivity index (χ1n) is 8.26. The van der Waals surface area contributed by atoms with Gasteiger partial charge in [0.25, 0.3) is 0 Å². The van der Waals surface area contributed by atoms with Gasteiger partial charge in [-0.15, -0.1) is 10.2 Å². The maximum absolute atomic E-state index is 14.5. The Labute approximate surface area is 160 Å². The van der Waals surface area contributed by atoms with Gasteiger partial charge in [-0.05, 0) is 30.3 Å². The van der Waals surface area contributed by atoms with Crippen LogP contribution in [0.4, 0.5) is 19.6 Å². The molecule has 3 aromatic heterocycles. The van der Waals surface area contributed by atoms with Gasteiger partial charge in [-0.25, -0.2) is 13.8 Å². The van der Waals surface area contributed by atoms with Gasteiger partial charge in [-0.1, -0.05) is 23.5 Å². The summed E-state index contributed by atoms with van der Waals surface area (Å²) in [6.45, 7) is 0. The highest BCUT2D eigenvalue weighted by Gasteiger charge is 2.15. The van der Waals surface area contributed by atoms with E-state index in [0.717, 1.165) is 11.3 Å². The van der Waals surface area contributed by atoms with Crippen molar-refractivity contribution in [1.82, 2.24) is 20.2 Å². The van der Waals surface area contributed by atoms with Crippen molar-refractivity contribution < 1.29 is 13.2 Å². The Morgan fingerprint density at radius 2 is 1.89 bits per heavy atom.